The van der Waals surface area contributed by atoms with Crippen LogP contribution in [0.15, 0.2) is 35.2 Å². The zero-order valence-electron chi connectivity index (χ0n) is 19.0. The molecule has 10 nitrogen and oxygen atoms in total. The number of sulfonamides is 1. The van der Waals surface area contributed by atoms with Crippen molar-refractivity contribution in [1.29, 1.82) is 0 Å². The van der Waals surface area contributed by atoms with Crippen LogP contribution >= 0.6 is 0 Å². The molecular weight excluding hydrogens is 446 g/mol. The van der Waals surface area contributed by atoms with E-state index in [0.717, 1.165) is 27.2 Å². The van der Waals surface area contributed by atoms with Gasteiger partial charge in [0.05, 0.1) is 18.1 Å². The van der Waals surface area contributed by atoms with Crippen LogP contribution in [0, 0.1) is 20.8 Å². The summed E-state index contributed by atoms with van der Waals surface area (Å²) in [4.78, 5) is 19.7. The maximum atomic E-state index is 13.0. The normalized spacial score (nSPS) is 16.0. The van der Waals surface area contributed by atoms with Gasteiger partial charge in [0.2, 0.25) is 16.1 Å². The molecule has 1 aliphatic heterocycles. The number of benzene rings is 2. The maximum absolute atomic E-state index is 13.0. The number of nitrogens with zero attached hydrogens (tertiary/aromatic N) is 4. The van der Waals surface area contributed by atoms with E-state index in [9.17, 15) is 13.2 Å². The summed E-state index contributed by atoms with van der Waals surface area (Å²) in [5.41, 5.74) is 4.57. The molecule has 1 amide bonds. The van der Waals surface area contributed by atoms with E-state index in [4.69, 9.17) is 9.57 Å². The highest BCUT2D eigenvalue weighted by molar-refractivity contribution is 7.89. The number of aryl methyl sites for hydroxylation is 3. The van der Waals surface area contributed by atoms with Crippen LogP contribution in [0.5, 0.6) is 0 Å². The molecule has 0 spiro atoms. The van der Waals surface area contributed by atoms with Gasteiger partial charge >= 0.3 is 0 Å². The van der Waals surface area contributed by atoms with Gasteiger partial charge in [-0.3, -0.25) is 4.79 Å². The van der Waals surface area contributed by atoms with Crippen LogP contribution in [-0.2, 0) is 19.6 Å². The van der Waals surface area contributed by atoms with Gasteiger partial charge in [-0.05, 0) is 62.2 Å². The lowest BCUT2D eigenvalue weighted by Crippen LogP contribution is -2.40. The Hall–Kier alpha value is -3.02. The molecular formula is C22H27N5O5S. The maximum Gasteiger partial charge on any atom is 0.268 e. The molecule has 1 fully saturated rings. The standard InChI is InChI=1S/C22H27N5O5S/c1-14-11-15(2)21(16(3)12-14)23-22(28)17(4)32-27-20-13-18(5-6-19(20)24-25-27)33(29,30)26-7-9-31-10-8-26/h5-6,11-13,17H,7-10H2,1-4H3,(H,23,28). The SMILES string of the molecule is Cc1cc(C)c(NC(=O)C(C)On2nnc3ccc(S(=O)(=O)N4CCOCC4)cc32)c(C)c1. The molecule has 11 heteroatoms. The molecule has 1 aliphatic rings. The lowest BCUT2D eigenvalue weighted by Gasteiger charge is -2.26. The molecule has 0 radical (unpaired) electrons. The van der Waals surface area contributed by atoms with E-state index in [1.165, 1.54) is 16.4 Å². The highest BCUT2D eigenvalue weighted by Crippen LogP contribution is 2.23. The van der Waals surface area contributed by atoms with Gasteiger partial charge in [0.15, 0.2) is 0 Å². The molecule has 176 valence electrons. The summed E-state index contributed by atoms with van der Waals surface area (Å²) in [6.45, 7) is 8.77. The minimum Gasteiger partial charge on any atom is -0.382 e. The fourth-order valence-electron chi connectivity index (χ4n) is 3.85. The van der Waals surface area contributed by atoms with Gasteiger partial charge < -0.3 is 14.9 Å². The molecule has 1 N–H and O–H groups in total. The second kappa shape index (κ2) is 9.08. The van der Waals surface area contributed by atoms with Crippen molar-refractivity contribution in [3.05, 3.63) is 47.0 Å². The molecule has 2 aromatic carbocycles. The van der Waals surface area contributed by atoms with Crippen LogP contribution in [0.3, 0.4) is 0 Å². The number of rotatable bonds is 6. The van der Waals surface area contributed by atoms with Crippen molar-refractivity contribution in [3.8, 4) is 0 Å². The van der Waals surface area contributed by atoms with Gasteiger partial charge in [0.1, 0.15) is 11.0 Å². The van der Waals surface area contributed by atoms with Crippen molar-refractivity contribution in [2.24, 2.45) is 0 Å². The Labute approximate surface area is 192 Å². The third kappa shape index (κ3) is 4.70. The molecule has 4 rings (SSSR count). The average Bonchev–Trinajstić information content (AvgIpc) is 3.18. The highest BCUT2D eigenvalue weighted by atomic mass is 32.2. The predicted octanol–water partition coefficient (Wildman–Crippen LogP) is 1.83. The number of aromatic nitrogens is 3. The minimum absolute atomic E-state index is 0.104. The lowest BCUT2D eigenvalue weighted by atomic mass is 10.0. The molecule has 3 aromatic rings. The molecule has 1 aromatic heterocycles. The van der Waals surface area contributed by atoms with Crippen LogP contribution in [0.25, 0.3) is 11.0 Å². The number of anilines is 1. The number of carbonyl (C=O) groups is 1. The first-order valence-corrected chi connectivity index (χ1v) is 12.1. The Morgan fingerprint density at radius 3 is 2.45 bits per heavy atom. The van der Waals surface area contributed by atoms with E-state index in [1.54, 1.807) is 13.0 Å². The number of hydrogen-bond donors (Lipinski definition) is 1. The Bertz CT molecular complexity index is 1270. The van der Waals surface area contributed by atoms with Crippen molar-refractivity contribution in [2.75, 3.05) is 31.6 Å². The summed E-state index contributed by atoms with van der Waals surface area (Å²) in [5, 5.41) is 10.9. The van der Waals surface area contributed by atoms with E-state index < -0.39 is 16.1 Å². The number of amides is 1. The molecule has 33 heavy (non-hydrogen) atoms. The Morgan fingerprint density at radius 1 is 1.12 bits per heavy atom. The topological polar surface area (TPSA) is 116 Å². The van der Waals surface area contributed by atoms with E-state index in [-0.39, 0.29) is 10.8 Å². The van der Waals surface area contributed by atoms with Crippen LogP contribution in [0.4, 0.5) is 5.69 Å². The fourth-order valence-corrected chi connectivity index (χ4v) is 5.28. The predicted molar refractivity (Wildman–Crippen MR) is 122 cm³/mol. The molecule has 1 atom stereocenters. The van der Waals surface area contributed by atoms with Crippen LogP contribution in [0.2, 0.25) is 0 Å². The Kier molecular flexibility index (Phi) is 6.37. The summed E-state index contributed by atoms with van der Waals surface area (Å²) in [7, 11) is -3.70. The van der Waals surface area contributed by atoms with Gasteiger partial charge in [0.25, 0.3) is 5.91 Å². The van der Waals surface area contributed by atoms with E-state index in [2.05, 4.69) is 15.6 Å². The van der Waals surface area contributed by atoms with Crippen LogP contribution in [0.1, 0.15) is 23.6 Å². The third-order valence-electron chi connectivity index (χ3n) is 5.55. The summed E-state index contributed by atoms with van der Waals surface area (Å²) >= 11 is 0. The quantitative estimate of drug-likeness (QED) is 0.581. The Balaban J connectivity index is 1.55. The zero-order chi connectivity index (χ0) is 23.8. The number of nitrogens with one attached hydrogen (secondary N) is 1. The van der Waals surface area contributed by atoms with Gasteiger partial charge in [-0.2, -0.15) is 4.31 Å². The second-order valence-electron chi connectivity index (χ2n) is 8.14. The van der Waals surface area contributed by atoms with E-state index >= 15 is 0 Å². The summed E-state index contributed by atoms with van der Waals surface area (Å²) < 4.78 is 32.6. The van der Waals surface area contributed by atoms with Crippen molar-refractivity contribution in [3.63, 3.8) is 0 Å². The first-order valence-electron chi connectivity index (χ1n) is 10.7. The van der Waals surface area contributed by atoms with Crippen molar-refractivity contribution in [1.82, 2.24) is 19.5 Å². The summed E-state index contributed by atoms with van der Waals surface area (Å²) in [5.74, 6) is -0.356. The summed E-state index contributed by atoms with van der Waals surface area (Å²) in [6, 6.07) is 8.51. The monoisotopic (exact) mass is 473 g/mol. The number of hydrogen-bond acceptors (Lipinski definition) is 7. The number of fused-ring (bicyclic) bond motifs is 1. The number of ether oxygens (including phenoxy) is 1. The smallest absolute Gasteiger partial charge is 0.268 e. The molecule has 2 heterocycles. The van der Waals surface area contributed by atoms with Gasteiger partial charge in [-0.1, -0.05) is 22.5 Å². The number of carbonyl (C=O) groups excluding carboxylic acids is 1. The van der Waals surface area contributed by atoms with E-state index in [0.29, 0.717) is 37.3 Å². The summed E-state index contributed by atoms with van der Waals surface area (Å²) in [6.07, 6.45) is -0.908. The molecule has 0 saturated carbocycles. The zero-order valence-corrected chi connectivity index (χ0v) is 19.8. The average molecular weight is 474 g/mol. The second-order valence-corrected chi connectivity index (χ2v) is 10.1. The van der Waals surface area contributed by atoms with Crippen LogP contribution < -0.4 is 10.2 Å². The van der Waals surface area contributed by atoms with Crippen molar-refractivity contribution < 1.29 is 22.8 Å². The molecule has 1 unspecified atom stereocenters. The van der Waals surface area contributed by atoms with Crippen molar-refractivity contribution >= 4 is 32.7 Å². The fraction of sp³-hybridized carbons (Fsp3) is 0.409. The van der Waals surface area contributed by atoms with Gasteiger partial charge in [-0.15, -0.1) is 5.10 Å². The minimum atomic E-state index is -3.70. The Morgan fingerprint density at radius 2 is 1.79 bits per heavy atom. The van der Waals surface area contributed by atoms with Gasteiger partial charge in [-0.25, -0.2) is 8.42 Å². The highest BCUT2D eigenvalue weighted by Gasteiger charge is 2.27. The largest absolute Gasteiger partial charge is 0.382 e. The first-order chi connectivity index (χ1) is 15.7. The molecule has 0 bridgehead atoms. The first kappa shape index (κ1) is 23.1. The van der Waals surface area contributed by atoms with Crippen LogP contribution in [-0.4, -0.2) is 66.2 Å². The van der Waals surface area contributed by atoms with E-state index in [1.807, 2.05) is 32.9 Å². The van der Waals surface area contributed by atoms with Gasteiger partial charge in [0, 0.05) is 18.8 Å². The number of morpholine rings is 1. The third-order valence-corrected chi connectivity index (χ3v) is 7.44. The molecule has 0 aliphatic carbocycles. The lowest BCUT2D eigenvalue weighted by molar-refractivity contribution is -0.127. The molecule has 1 saturated heterocycles. The van der Waals surface area contributed by atoms with Crippen molar-refractivity contribution in [2.45, 2.75) is 38.7 Å².